The third-order valence-corrected chi connectivity index (χ3v) is 4.05. The summed E-state index contributed by atoms with van der Waals surface area (Å²) in [6.07, 6.45) is 6.40. The number of hydrogen-bond acceptors (Lipinski definition) is 3. The lowest BCUT2D eigenvalue weighted by atomic mass is 10.1. The molecule has 1 heterocycles. The van der Waals surface area contributed by atoms with Crippen LogP contribution in [0, 0.1) is 0 Å². The number of ketones is 1. The third-order valence-electron chi connectivity index (χ3n) is 4.05. The van der Waals surface area contributed by atoms with Crippen molar-refractivity contribution in [3.63, 3.8) is 0 Å². The van der Waals surface area contributed by atoms with E-state index in [0.717, 1.165) is 11.8 Å². The maximum Gasteiger partial charge on any atom is 0.209 e. The Balaban J connectivity index is 1.84. The summed E-state index contributed by atoms with van der Waals surface area (Å²) in [5, 5.41) is 0. The Kier molecular flexibility index (Phi) is 5.44. The number of allylic oxidation sites excluding steroid dienone is 1. The van der Waals surface area contributed by atoms with E-state index < -0.39 is 0 Å². The third kappa shape index (κ3) is 3.98. The first-order valence-corrected chi connectivity index (χ1v) is 8.27. The van der Waals surface area contributed by atoms with E-state index in [1.807, 2.05) is 42.5 Å². The number of carbonyl (C=O) groups is 2. The van der Waals surface area contributed by atoms with Gasteiger partial charge >= 0.3 is 0 Å². The van der Waals surface area contributed by atoms with Crippen LogP contribution in [0.1, 0.15) is 32.0 Å². The molecule has 0 aliphatic heterocycles. The van der Waals surface area contributed by atoms with Gasteiger partial charge in [-0.15, -0.1) is 0 Å². The molecular weight excluding hydrogens is 326 g/mol. The Labute approximate surface area is 152 Å². The molecule has 26 heavy (non-hydrogen) atoms. The van der Waals surface area contributed by atoms with Gasteiger partial charge in [0.2, 0.25) is 5.78 Å². The fourth-order valence-corrected chi connectivity index (χ4v) is 2.70. The Morgan fingerprint density at radius 2 is 1.77 bits per heavy atom. The minimum Gasteiger partial charge on any atom is -0.497 e. The fraction of sp³-hybridized carbons (Fsp3) is 0.0909. The van der Waals surface area contributed by atoms with Crippen LogP contribution in [-0.2, 0) is 6.54 Å². The molecule has 0 radical (unpaired) electrons. The molecule has 0 aliphatic carbocycles. The molecule has 0 atom stereocenters. The van der Waals surface area contributed by atoms with Crippen LogP contribution in [-0.4, -0.2) is 23.7 Å². The van der Waals surface area contributed by atoms with Crippen molar-refractivity contribution in [2.24, 2.45) is 0 Å². The van der Waals surface area contributed by atoms with Crippen molar-refractivity contribution >= 4 is 18.1 Å². The average molecular weight is 345 g/mol. The minimum absolute atomic E-state index is 0.131. The van der Waals surface area contributed by atoms with Crippen molar-refractivity contribution in [2.45, 2.75) is 6.54 Å². The molecular formula is C22H19NO3. The number of hydrogen-bond donors (Lipinski definition) is 0. The molecule has 130 valence electrons. The van der Waals surface area contributed by atoms with Gasteiger partial charge in [0.1, 0.15) is 5.75 Å². The van der Waals surface area contributed by atoms with E-state index in [-0.39, 0.29) is 5.78 Å². The largest absolute Gasteiger partial charge is 0.497 e. The van der Waals surface area contributed by atoms with Gasteiger partial charge in [0.25, 0.3) is 0 Å². The number of benzene rings is 2. The molecule has 3 rings (SSSR count). The van der Waals surface area contributed by atoms with Crippen LogP contribution in [0.4, 0.5) is 0 Å². The van der Waals surface area contributed by atoms with Gasteiger partial charge in [0.05, 0.1) is 12.8 Å². The lowest BCUT2D eigenvalue weighted by Crippen LogP contribution is -2.09. The summed E-state index contributed by atoms with van der Waals surface area (Å²) >= 11 is 0. The fourth-order valence-electron chi connectivity index (χ4n) is 2.70. The van der Waals surface area contributed by atoms with E-state index in [4.69, 9.17) is 4.74 Å². The van der Waals surface area contributed by atoms with Crippen molar-refractivity contribution < 1.29 is 14.3 Å². The molecule has 0 bridgehead atoms. The summed E-state index contributed by atoms with van der Waals surface area (Å²) in [6, 6.07) is 18.5. The normalized spacial score (nSPS) is 10.8. The molecule has 1 aromatic heterocycles. The maximum absolute atomic E-state index is 12.8. The van der Waals surface area contributed by atoms with Gasteiger partial charge in [-0.05, 0) is 35.9 Å². The van der Waals surface area contributed by atoms with Gasteiger partial charge in [0.15, 0.2) is 6.29 Å². The number of nitrogens with zero attached hydrogens (tertiary/aromatic N) is 1. The van der Waals surface area contributed by atoms with Crippen LogP contribution in [0.5, 0.6) is 5.75 Å². The molecule has 4 nitrogen and oxygen atoms in total. The molecule has 0 spiro atoms. The number of aromatic nitrogens is 1. The van der Waals surface area contributed by atoms with Crippen molar-refractivity contribution in [2.75, 3.05) is 7.11 Å². The summed E-state index contributed by atoms with van der Waals surface area (Å²) in [6.45, 7) is 0.500. The zero-order valence-electron chi connectivity index (χ0n) is 14.5. The summed E-state index contributed by atoms with van der Waals surface area (Å²) < 4.78 is 6.91. The zero-order chi connectivity index (χ0) is 18.4. The van der Waals surface area contributed by atoms with E-state index >= 15 is 0 Å². The van der Waals surface area contributed by atoms with Crippen LogP contribution in [0.25, 0.3) is 6.08 Å². The molecule has 4 heteroatoms. The Hall–Kier alpha value is -3.40. The summed E-state index contributed by atoms with van der Waals surface area (Å²) in [4.78, 5) is 24.0. The van der Waals surface area contributed by atoms with Crippen molar-refractivity contribution in [1.82, 2.24) is 4.57 Å². The first-order valence-electron chi connectivity index (χ1n) is 8.27. The Bertz CT molecular complexity index is 922. The predicted octanol–water partition coefficient (Wildman–Crippen LogP) is 4.25. The number of aldehydes is 1. The first-order chi connectivity index (χ1) is 12.7. The zero-order valence-corrected chi connectivity index (χ0v) is 14.5. The monoisotopic (exact) mass is 345 g/mol. The average Bonchev–Trinajstić information content (AvgIpc) is 3.11. The molecule has 0 N–H and O–H groups in total. The van der Waals surface area contributed by atoms with E-state index in [2.05, 4.69) is 0 Å². The van der Waals surface area contributed by atoms with Crippen molar-refractivity contribution in [1.29, 1.82) is 0 Å². The molecule has 2 aromatic carbocycles. The second kappa shape index (κ2) is 8.12. The standard InChI is InChI=1S/C22H19NO3/c1-26-20-11-9-19(10-12-20)22(25)21-14-18(16-24)15-23(21)13-5-8-17-6-3-2-4-7-17/h2-12,14-16H,13H2,1H3/b8-5+. The van der Waals surface area contributed by atoms with E-state index in [9.17, 15) is 9.59 Å². The Morgan fingerprint density at radius 1 is 1.04 bits per heavy atom. The molecule has 0 fully saturated rings. The molecule has 0 saturated heterocycles. The van der Waals surface area contributed by atoms with E-state index in [1.54, 1.807) is 48.2 Å². The van der Waals surface area contributed by atoms with E-state index in [1.165, 1.54) is 0 Å². The van der Waals surface area contributed by atoms with Crippen LogP contribution in [0.3, 0.4) is 0 Å². The lowest BCUT2D eigenvalue weighted by molar-refractivity contribution is 0.103. The van der Waals surface area contributed by atoms with Crippen molar-refractivity contribution in [3.05, 3.63) is 95.3 Å². The Morgan fingerprint density at radius 3 is 2.42 bits per heavy atom. The minimum atomic E-state index is -0.131. The number of carbonyl (C=O) groups excluding carboxylic acids is 2. The van der Waals surface area contributed by atoms with E-state index in [0.29, 0.717) is 29.1 Å². The number of ether oxygens (including phenoxy) is 1. The molecule has 0 saturated carbocycles. The quantitative estimate of drug-likeness (QED) is 0.475. The highest BCUT2D eigenvalue weighted by atomic mass is 16.5. The van der Waals surface area contributed by atoms with Crippen LogP contribution in [0.15, 0.2) is 72.9 Å². The highest BCUT2D eigenvalue weighted by Crippen LogP contribution is 2.17. The molecule has 0 unspecified atom stereocenters. The predicted molar refractivity (Wildman–Crippen MR) is 102 cm³/mol. The van der Waals surface area contributed by atoms with Gasteiger partial charge in [-0.3, -0.25) is 9.59 Å². The molecule has 3 aromatic rings. The summed E-state index contributed by atoms with van der Waals surface area (Å²) in [5.74, 6) is 0.560. The van der Waals surface area contributed by atoms with Gasteiger partial charge in [-0.1, -0.05) is 42.5 Å². The maximum atomic E-state index is 12.8. The molecule has 0 aliphatic rings. The summed E-state index contributed by atoms with van der Waals surface area (Å²) in [5.41, 5.74) is 2.60. The van der Waals surface area contributed by atoms with Gasteiger partial charge in [0, 0.05) is 23.9 Å². The highest BCUT2D eigenvalue weighted by molar-refractivity contribution is 6.08. The first kappa shape index (κ1) is 17.4. The van der Waals surface area contributed by atoms with Crippen LogP contribution < -0.4 is 4.74 Å². The van der Waals surface area contributed by atoms with Crippen LogP contribution in [0.2, 0.25) is 0 Å². The second-order valence-corrected chi connectivity index (χ2v) is 5.80. The number of rotatable bonds is 7. The van der Waals surface area contributed by atoms with Gasteiger partial charge in [-0.2, -0.15) is 0 Å². The van der Waals surface area contributed by atoms with Crippen LogP contribution >= 0.6 is 0 Å². The van der Waals surface area contributed by atoms with Gasteiger partial charge < -0.3 is 9.30 Å². The number of methoxy groups -OCH3 is 1. The second-order valence-electron chi connectivity index (χ2n) is 5.80. The summed E-state index contributed by atoms with van der Waals surface area (Å²) in [7, 11) is 1.58. The van der Waals surface area contributed by atoms with Gasteiger partial charge in [-0.25, -0.2) is 0 Å². The highest BCUT2D eigenvalue weighted by Gasteiger charge is 2.15. The van der Waals surface area contributed by atoms with Crippen molar-refractivity contribution in [3.8, 4) is 5.75 Å². The SMILES string of the molecule is COc1ccc(C(=O)c2cc(C=O)cn2C/C=C/c2ccccc2)cc1. The molecule has 0 amide bonds. The lowest BCUT2D eigenvalue weighted by Gasteiger charge is -2.07. The topological polar surface area (TPSA) is 48.3 Å². The smallest absolute Gasteiger partial charge is 0.209 e.